The molecule has 1 aromatic heterocycles. The molecule has 0 atom stereocenters. The average Bonchev–Trinajstić information content (AvgIpc) is 2.92. The molecule has 9 nitrogen and oxygen atoms in total. The van der Waals surface area contributed by atoms with Crippen LogP contribution in [0, 0.1) is 10.1 Å². The van der Waals surface area contributed by atoms with E-state index >= 15 is 0 Å². The summed E-state index contributed by atoms with van der Waals surface area (Å²) in [5.74, 6) is 1.45. The number of nitro groups is 1. The van der Waals surface area contributed by atoms with E-state index in [0.29, 0.717) is 38.5 Å². The lowest BCUT2D eigenvalue weighted by Gasteiger charge is -2.34. The maximum atomic E-state index is 13.0. The van der Waals surface area contributed by atoms with Gasteiger partial charge in [0.05, 0.1) is 30.4 Å². The maximum absolute atomic E-state index is 13.0. The number of carbonyl (C=O) groups excluding carboxylic acids is 1. The number of ether oxygens (including phenoxy) is 1. The minimum absolute atomic E-state index is 0.0200. The molecule has 0 saturated carbocycles. The molecule has 5 rings (SSSR count). The van der Waals surface area contributed by atoms with E-state index in [1.807, 2.05) is 30.3 Å². The molecule has 3 heterocycles. The van der Waals surface area contributed by atoms with E-state index in [4.69, 9.17) is 14.7 Å². The number of hydrogen-bond donors (Lipinski definition) is 0. The van der Waals surface area contributed by atoms with Crippen LogP contribution < -0.4 is 4.90 Å². The van der Waals surface area contributed by atoms with Crippen molar-refractivity contribution in [3.8, 4) is 11.4 Å². The first-order valence-corrected chi connectivity index (χ1v) is 11.6. The van der Waals surface area contributed by atoms with Crippen molar-refractivity contribution < 1.29 is 14.5 Å². The zero-order valence-electron chi connectivity index (χ0n) is 19.2. The second-order valence-corrected chi connectivity index (χ2v) is 8.45. The SMILES string of the molecule is O=C(/C=C/c1ccc([N+](=O)[O-])cc1)N1CCc2nc(-c3ccccc3)nc(N3CCOCC3)c2C1. The Morgan fingerprint density at radius 2 is 1.74 bits per heavy atom. The number of carbonyl (C=O) groups is 1. The lowest BCUT2D eigenvalue weighted by molar-refractivity contribution is -0.384. The molecule has 2 aliphatic rings. The molecule has 0 radical (unpaired) electrons. The molecule has 9 heteroatoms. The van der Waals surface area contributed by atoms with Gasteiger partial charge in [-0.05, 0) is 23.8 Å². The number of anilines is 1. The van der Waals surface area contributed by atoms with Crippen LogP contribution in [-0.2, 0) is 22.5 Å². The third-order valence-corrected chi connectivity index (χ3v) is 6.21. The lowest BCUT2D eigenvalue weighted by atomic mass is 10.0. The third-order valence-electron chi connectivity index (χ3n) is 6.21. The first-order chi connectivity index (χ1) is 17.1. The van der Waals surface area contributed by atoms with Gasteiger partial charge in [0.1, 0.15) is 5.82 Å². The van der Waals surface area contributed by atoms with Crippen molar-refractivity contribution in [1.29, 1.82) is 0 Å². The fourth-order valence-corrected chi connectivity index (χ4v) is 4.32. The molecule has 0 N–H and O–H groups in total. The topological polar surface area (TPSA) is 102 Å². The lowest BCUT2D eigenvalue weighted by Crippen LogP contribution is -2.40. The molecule has 0 unspecified atom stereocenters. The Labute approximate surface area is 202 Å². The Bertz CT molecular complexity index is 1250. The van der Waals surface area contributed by atoms with Gasteiger partial charge in [0, 0.05) is 55.4 Å². The molecule has 2 aliphatic heterocycles. The Hall–Kier alpha value is -4.11. The number of amides is 1. The van der Waals surface area contributed by atoms with Gasteiger partial charge in [-0.2, -0.15) is 0 Å². The molecule has 0 bridgehead atoms. The normalized spacial score (nSPS) is 15.8. The van der Waals surface area contributed by atoms with E-state index < -0.39 is 4.92 Å². The van der Waals surface area contributed by atoms with Gasteiger partial charge in [-0.25, -0.2) is 9.97 Å². The molecular formula is C26H25N5O4. The van der Waals surface area contributed by atoms with E-state index in [0.717, 1.165) is 41.3 Å². The highest BCUT2D eigenvalue weighted by Gasteiger charge is 2.28. The summed E-state index contributed by atoms with van der Waals surface area (Å²) in [4.78, 5) is 37.2. The molecular weight excluding hydrogens is 446 g/mol. The van der Waals surface area contributed by atoms with Gasteiger partial charge >= 0.3 is 0 Å². The average molecular weight is 472 g/mol. The van der Waals surface area contributed by atoms with Crippen molar-refractivity contribution in [1.82, 2.24) is 14.9 Å². The highest BCUT2D eigenvalue weighted by Crippen LogP contribution is 2.30. The van der Waals surface area contributed by atoms with Gasteiger partial charge < -0.3 is 14.5 Å². The van der Waals surface area contributed by atoms with Crippen molar-refractivity contribution in [3.05, 3.63) is 87.6 Å². The fourth-order valence-electron chi connectivity index (χ4n) is 4.32. The van der Waals surface area contributed by atoms with Crippen LogP contribution in [0.2, 0.25) is 0 Å². The van der Waals surface area contributed by atoms with Crippen LogP contribution in [0.5, 0.6) is 0 Å². The number of fused-ring (bicyclic) bond motifs is 1. The van der Waals surface area contributed by atoms with Crippen LogP contribution in [-0.4, -0.2) is 58.5 Å². The number of benzene rings is 2. The van der Waals surface area contributed by atoms with Crippen LogP contribution in [0.3, 0.4) is 0 Å². The van der Waals surface area contributed by atoms with Crippen molar-refractivity contribution in [3.63, 3.8) is 0 Å². The quantitative estimate of drug-likeness (QED) is 0.319. The molecule has 1 fully saturated rings. The molecule has 0 aliphatic carbocycles. The van der Waals surface area contributed by atoms with Gasteiger partial charge in [0.2, 0.25) is 5.91 Å². The van der Waals surface area contributed by atoms with Crippen LogP contribution >= 0.6 is 0 Å². The largest absolute Gasteiger partial charge is 0.378 e. The first kappa shape index (κ1) is 22.7. The van der Waals surface area contributed by atoms with Crippen molar-refractivity contribution in [2.24, 2.45) is 0 Å². The smallest absolute Gasteiger partial charge is 0.269 e. The monoisotopic (exact) mass is 471 g/mol. The first-order valence-electron chi connectivity index (χ1n) is 11.6. The zero-order valence-corrected chi connectivity index (χ0v) is 19.2. The highest BCUT2D eigenvalue weighted by atomic mass is 16.6. The van der Waals surface area contributed by atoms with Gasteiger partial charge in [0.15, 0.2) is 5.82 Å². The highest BCUT2D eigenvalue weighted by molar-refractivity contribution is 5.92. The minimum Gasteiger partial charge on any atom is -0.378 e. The number of rotatable bonds is 5. The molecule has 1 amide bonds. The van der Waals surface area contributed by atoms with E-state index in [1.54, 1.807) is 23.1 Å². The van der Waals surface area contributed by atoms with Crippen LogP contribution in [0.1, 0.15) is 16.8 Å². The standard InChI is InChI=1S/C26H25N5O4/c32-24(11-8-19-6-9-21(10-7-19)31(33)34)30-13-12-23-22(18-30)26(29-14-16-35-17-15-29)28-25(27-23)20-4-2-1-3-5-20/h1-11H,12-18H2/b11-8+. The Kier molecular flexibility index (Phi) is 6.49. The molecule has 178 valence electrons. The third kappa shape index (κ3) is 5.04. The van der Waals surface area contributed by atoms with Crippen molar-refractivity contribution in [2.75, 3.05) is 37.7 Å². The molecule has 1 saturated heterocycles. The molecule has 3 aromatic rings. The predicted octanol–water partition coefficient (Wildman–Crippen LogP) is 3.49. The number of nitrogens with zero attached hydrogens (tertiary/aromatic N) is 5. The van der Waals surface area contributed by atoms with E-state index in [9.17, 15) is 14.9 Å². The number of hydrogen-bond acceptors (Lipinski definition) is 7. The summed E-state index contributed by atoms with van der Waals surface area (Å²) in [6.07, 6.45) is 3.84. The summed E-state index contributed by atoms with van der Waals surface area (Å²) in [6.45, 7) is 3.75. The van der Waals surface area contributed by atoms with E-state index in [1.165, 1.54) is 18.2 Å². The number of nitro benzene ring substituents is 1. The summed E-state index contributed by atoms with van der Waals surface area (Å²) < 4.78 is 5.54. The van der Waals surface area contributed by atoms with Crippen LogP contribution in [0.25, 0.3) is 17.5 Å². The number of morpholine rings is 1. The predicted molar refractivity (Wildman–Crippen MR) is 132 cm³/mol. The van der Waals surface area contributed by atoms with Gasteiger partial charge in [-0.3, -0.25) is 14.9 Å². The fraction of sp³-hybridized carbons (Fsp3) is 0.269. The summed E-state index contributed by atoms with van der Waals surface area (Å²) in [5.41, 5.74) is 3.67. The zero-order chi connectivity index (χ0) is 24.2. The summed E-state index contributed by atoms with van der Waals surface area (Å²) in [5, 5.41) is 10.8. The molecule has 0 spiro atoms. The molecule has 35 heavy (non-hydrogen) atoms. The number of non-ortho nitro benzene ring substituents is 1. The van der Waals surface area contributed by atoms with Crippen LogP contribution in [0.4, 0.5) is 11.5 Å². The summed E-state index contributed by atoms with van der Waals surface area (Å²) in [7, 11) is 0. The second kappa shape index (κ2) is 10.0. The van der Waals surface area contributed by atoms with Crippen LogP contribution in [0.15, 0.2) is 60.7 Å². The summed E-state index contributed by atoms with van der Waals surface area (Å²) in [6, 6.07) is 16.0. The van der Waals surface area contributed by atoms with Gasteiger partial charge in [0.25, 0.3) is 5.69 Å². The van der Waals surface area contributed by atoms with Gasteiger partial charge in [-0.15, -0.1) is 0 Å². The van der Waals surface area contributed by atoms with Crippen molar-refractivity contribution >= 4 is 23.5 Å². The Balaban J connectivity index is 1.40. The van der Waals surface area contributed by atoms with E-state index in [-0.39, 0.29) is 11.6 Å². The summed E-state index contributed by atoms with van der Waals surface area (Å²) >= 11 is 0. The van der Waals surface area contributed by atoms with E-state index in [2.05, 4.69) is 4.90 Å². The second-order valence-electron chi connectivity index (χ2n) is 8.45. The minimum atomic E-state index is -0.443. The van der Waals surface area contributed by atoms with Gasteiger partial charge in [-0.1, -0.05) is 30.3 Å². The maximum Gasteiger partial charge on any atom is 0.269 e. The molecule has 2 aromatic carbocycles. The Morgan fingerprint density at radius 3 is 2.46 bits per heavy atom. The number of aromatic nitrogens is 2. The van der Waals surface area contributed by atoms with Crippen molar-refractivity contribution in [2.45, 2.75) is 13.0 Å². The Morgan fingerprint density at radius 1 is 1.00 bits per heavy atom.